The molecule has 0 unspecified atom stereocenters. The molecule has 160 valence electrons. The summed E-state index contributed by atoms with van der Waals surface area (Å²) in [6, 6.07) is 23.8. The fraction of sp³-hybridized carbons (Fsp3) is 0.231. The monoisotopic (exact) mass is 460 g/mol. The summed E-state index contributed by atoms with van der Waals surface area (Å²) in [5.41, 5.74) is 4.45. The molecule has 1 heterocycles. The zero-order valence-electron chi connectivity index (χ0n) is 17.7. The maximum Gasteiger partial charge on any atom is 0.187 e. The second-order valence-corrected chi connectivity index (χ2v) is 8.78. The van der Waals surface area contributed by atoms with Crippen LogP contribution in [0.15, 0.2) is 66.7 Å². The molecule has 0 amide bonds. The number of halogens is 2. The molecular weight excluding hydrogens is 439 g/mol. The van der Waals surface area contributed by atoms with Crippen LogP contribution in [-0.4, -0.2) is 24.5 Å². The van der Waals surface area contributed by atoms with E-state index in [0.717, 1.165) is 30.9 Å². The lowest BCUT2D eigenvalue weighted by molar-refractivity contribution is 0.171. The first-order chi connectivity index (χ1) is 15.5. The van der Waals surface area contributed by atoms with Gasteiger partial charge in [0.2, 0.25) is 0 Å². The van der Waals surface area contributed by atoms with Crippen LogP contribution in [0.25, 0.3) is 4.85 Å². The van der Waals surface area contributed by atoms with Crippen LogP contribution >= 0.6 is 23.2 Å². The van der Waals surface area contributed by atoms with Gasteiger partial charge in [-0.3, -0.25) is 4.90 Å². The van der Waals surface area contributed by atoms with Gasteiger partial charge in [-0.2, -0.15) is 5.26 Å². The molecule has 1 saturated heterocycles. The minimum Gasteiger partial charge on any atom is -0.361 e. The Hall–Kier alpha value is -3.02. The third-order valence-electron chi connectivity index (χ3n) is 6.11. The molecule has 1 aliphatic rings. The Morgan fingerprint density at radius 3 is 2.34 bits per heavy atom. The third-order valence-corrected chi connectivity index (χ3v) is 6.59. The second-order valence-electron chi connectivity index (χ2n) is 7.91. The minimum absolute atomic E-state index is 0.0549. The van der Waals surface area contributed by atoms with Gasteiger partial charge in [0, 0.05) is 35.7 Å². The first kappa shape index (κ1) is 22.2. The number of nitrogens with zero attached hydrogens (tertiary/aromatic N) is 4. The summed E-state index contributed by atoms with van der Waals surface area (Å²) in [5, 5.41) is 11.0. The molecule has 2 atom stereocenters. The van der Waals surface area contributed by atoms with Gasteiger partial charge in [0.25, 0.3) is 0 Å². The Labute approximate surface area is 199 Å². The molecule has 0 spiro atoms. The Bertz CT molecular complexity index is 1180. The van der Waals surface area contributed by atoms with Crippen LogP contribution in [0.1, 0.15) is 35.7 Å². The van der Waals surface area contributed by atoms with Crippen molar-refractivity contribution in [2.24, 2.45) is 0 Å². The summed E-state index contributed by atoms with van der Waals surface area (Å²) >= 11 is 12.3. The van der Waals surface area contributed by atoms with Crippen molar-refractivity contribution in [3.63, 3.8) is 0 Å². The number of hydrogen-bond acceptors (Lipinski definition) is 3. The molecule has 0 aliphatic carbocycles. The highest BCUT2D eigenvalue weighted by molar-refractivity contribution is 6.31. The van der Waals surface area contributed by atoms with Crippen LogP contribution in [0.3, 0.4) is 0 Å². The van der Waals surface area contributed by atoms with Crippen molar-refractivity contribution < 1.29 is 0 Å². The Morgan fingerprint density at radius 2 is 1.69 bits per heavy atom. The topological polar surface area (TPSA) is 34.6 Å². The minimum atomic E-state index is 0.0549. The number of piperazine rings is 1. The summed E-state index contributed by atoms with van der Waals surface area (Å²) in [6.45, 7) is 11.8. The lowest BCUT2D eigenvalue weighted by Crippen LogP contribution is -2.49. The number of rotatable bonds is 4. The van der Waals surface area contributed by atoms with Crippen LogP contribution in [0.4, 0.5) is 11.4 Å². The molecule has 32 heavy (non-hydrogen) atoms. The standard InChI is InChI=1S/C26H22Cl2N4/c1-18(19-5-10-24(30-2)11-6-19)31-13-14-32(25-12-9-23(28)15-21(25)16-29)26(17-31)20-3-7-22(27)8-4-20/h3-12,15,18,26H,13-14,17H2,1H3/t18-,26-/m0/s1. The molecule has 0 aromatic heterocycles. The molecule has 3 aromatic rings. The summed E-state index contributed by atoms with van der Waals surface area (Å²) in [4.78, 5) is 8.24. The van der Waals surface area contributed by atoms with E-state index in [1.807, 2.05) is 48.5 Å². The fourth-order valence-corrected chi connectivity index (χ4v) is 4.60. The van der Waals surface area contributed by atoms with Gasteiger partial charge >= 0.3 is 0 Å². The molecule has 1 aliphatic heterocycles. The quantitative estimate of drug-likeness (QED) is 0.391. The number of anilines is 1. The third kappa shape index (κ3) is 4.59. The van der Waals surface area contributed by atoms with Crippen molar-refractivity contribution >= 4 is 34.6 Å². The van der Waals surface area contributed by atoms with Gasteiger partial charge in [0.1, 0.15) is 6.07 Å². The summed E-state index contributed by atoms with van der Waals surface area (Å²) in [5.74, 6) is 0. The molecule has 0 saturated carbocycles. The highest BCUT2D eigenvalue weighted by atomic mass is 35.5. The van der Waals surface area contributed by atoms with Gasteiger partial charge < -0.3 is 4.90 Å². The predicted molar refractivity (Wildman–Crippen MR) is 130 cm³/mol. The number of nitriles is 1. The molecule has 4 rings (SSSR count). The predicted octanol–water partition coefficient (Wildman–Crippen LogP) is 7.04. The lowest BCUT2D eigenvalue weighted by Gasteiger charge is -2.45. The van der Waals surface area contributed by atoms with E-state index in [1.165, 1.54) is 5.56 Å². The SMILES string of the molecule is [C-]#[N+]c1ccc([C@H](C)N2CCN(c3ccc(Cl)cc3C#N)[C@H](c3ccc(Cl)cc3)C2)cc1. The number of benzene rings is 3. The van der Waals surface area contributed by atoms with Gasteiger partial charge in [-0.1, -0.05) is 59.6 Å². The molecule has 1 fully saturated rings. The van der Waals surface area contributed by atoms with Gasteiger partial charge in [-0.15, -0.1) is 0 Å². The van der Waals surface area contributed by atoms with Crippen LogP contribution in [-0.2, 0) is 0 Å². The smallest absolute Gasteiger partial charge is 0.187 e. The van der Waals surface area contributed by atoms with E-state index in [9.17, 15) is 5.26 Å². The largest absolute Gasteiger partial charge is 0.361 e. The van der Waals surface area contributed by atoms with Gasteiger partial charge in [-0.25, -0.2) is 4.85 Å². The zero-order valence-corrected chi connectivity index (χ0v) is 19.2. The van der Waals surface area contributed by atoms with Crippen LogP contribution in [0, 0.1) is 17.9 Å². The van der Waals surface area contributed by atoms with Crippen molar-refractivity contribution in [3.05, 3.63) is 105 Å². The second kappa shape index (κ2) is 9.63. The van der Waals surface area contributed by atoms with Crippen molar-refractivity contribution in [1.82, 2.24) is 4.90 Å². The van der Waals surface area contributed by atoms with Gasteiger partial charge in [0.15, 0.2) is 5.69 Å². The van der Waals surface area contributed by atoms with E-state index in [-0.39, 0.29) is 12.1 Å². The van der Waals surface area contributed by atoms with E-state index in [4.69, 9.17) is 29.8 Å². The summed E-state index contributed by atoms with van der Waals surface area (Å²) in [7, 11) is 0. The molecule has 0 N–H and O–H groups in total. The maximum atomic E-state index is 9.71. The first-order valence-corrected chi connectivity index (χ1v) is 11.2. The van der Waals surface area contributed by atoms with E-state index < -0.39 is 0 Å². The van der Waals surface area contributed by atoms with E-state index >= 15 is 0 Å². The molecule has 4 nitrogen and oxygen atoms in total. The average molecular weight is 461 g/mol. The highest BCUT2D eigenvalue weighted by Crippen LogP contribution is 2.37. The van der Waals surface area contributed by atoms with Gasteiger partial charge in [0.05, 0.1) is 23.9 Å². The fourth-order valence-electron chi connectivity index (χ4n) is 4.30. The molecule has 6 heteroatoms. The molecular formula is C26H22Cl2N4. The lowest BCUT2D eigenvalue weighted by atomic mass is 9.97. The normalized spacial score (nSPS) is 17.4. The zero-order chi connectivity index (χ0) is 22.7. The highest BCUT2D eigenvalue weighted by Gasteiger charge is 2.32. The molecule has 0 bridgehead atoms. The van der Waals surface area contributed by atoms with Crippen LogP contribution in [0.5, 0.6) is 0 Å². The summed E-state index contributed by atoms with van der Waals surface area (Å²) in [6.07, 6.45) is 0. The van der Waals surface area contributed by atoms with Crippen molar-refractivity contribution in [2.75, 3.05) is 24.5 Å². The maximum absolute atomic E-state index is 9.71. The van der Waals surface area contributed by atoms with Crippen LogP contribution < -0.4 is 4.90 Å². The Balaban J connectivity index is 1.67. The van der Waals surface area contributed by atoms with Crippen molar-refractivity contribution in [2.45, 2.75) is 19.0 Å². The Kier molecular flexibility index (Phi) is 6.68. The van der Waals surface area contributed by atoms with E-state index in [0.29, 0.717) is 21.3 Å². The molecule has 0 radical (unpaired) electrons. The van der Waals surface area contributed by atoms with Crippen LogP contribution in [0.2, 0.25) is 10.0 Å². The average Bonchev–Trinajstić information content (AvgIpc) is 2.84. The van der Waals surface area contributed by atoms with E-state index in [2.05, 4.69) is 39.8 Å². The van der Waals surface area contributed by atoms with Crippen molar-refractivity contribution in [3.8, 4) is 6.07 Å². The van der Waals surface area contributed by atoms with Gasteiger partial charge in [-0.05, 0) is 48.4 Å². The molecule has 3 aromatic carbocycles. The first-order valence-electron chi connectivity index (χ1n) is 10.4. The number of hydrogen-bond donors (Lipinski definition) is 0. The van der Waals surface area contributed by atoms with Crippen molar-refractivity contribution in [1.29, 1.82) is 5.26 Å². The summed E-state index contributed by atoms with van der Waals surface area (Å²) < 4.78 is 0. The Morgan fingerprint density at radius 1 is 1.00 bits per heavy atom. The van der Waals surface area contributed by atoms with E-state index in [1.54, 1.807) is 6.07 Å².